The van der Waals surface area contributed by atoms with Crippen LogP contribution in [-0.2, 0) is 14.1 Å². The number of hydrogen-bond donors (Lipinski definition) is 0. The fourth-order valence-corrected chi connectivity index (χ4v) is 4.74. The van der Waals surface area contributed by atoms with E-state index in [-0.39, 0.29) is 0 Å². The molecule has 6 rings (SSSR count). The molecule has 0 radical (unpaired) electrons. The van der Waals surface area contributed by atoms with E-state index in [0.29, 0.717) is 11.5 Å². The summed E-state index contributed by atoms with van der Waals surface area (Å²) in [6.45, 7) is 7.40. The van der Waals surface area contributed by atoms with Crippen molar-refractivity contribution in [2.75, 3.05) is 0 Å². The van der Waals surface area contributed by atoms with Crippen molar-refractivity contribution in [2.24, 2.45) is 14.1 Å². The molecule has 2 aromatic heterocycles. The maximum atomic E-state index is 9.38. The Morgan fingerprint density at radius 1 is 0.700 bits per heavy atom. The van der Waals surface area contributed by atoms with Crippen molar-refractivity contribution in [3.8, 4) is 6.07 Å². The highest BCUT2D eigenvalue weighted by Gasteiger charge is 2.13. The Labute approximate surface area is 172 Å². The Hall–Kier alpha value is -4.28. The minimum atomic E-state index is 0.648. The van der Waals surface area contributed by atoms with Crippen molar-refractivity contribution < 1.29 is 0 Å². The second-order valence-electron chi connectivity index (χ2n) is 7.86. The number of benzene rings is 4. The quantitative estimate of drug-likeness (QED) is 0.216. The number of hydrogen-bond acceptors (Lipinski definition) is 1. The van der Waals surface area contributed by atoms with Crippen LogP contribution in [0.1, 0.15) is 5.69 Å². The zero-order valence-electron chi connectivity index (χ0n) is 16.6. The highest BCUT2D eigenvalue weighted by molar-refractivity contribution is 6.20. The van der Waals surface area contributed by atoms with Crippen LogP contribution in [-0.4, -0.2) is 9.13 Å². The van der Waals surface area contributed by atoms with Gasteiger partial charge in [-0.1, -0.05) is 30.8 Å². The number of nitriles is 1. The van der Waals surface area contributed by atoms with E-state index in [1.54, 1.807) is 0 Å². The molecular formula is C26H16N4. The zero-order valence-corrected chi connectivity index (χ0v) is 16.6. The summed E-state index contributed by atoms with van der Waals surface area (Å²) in [6, 6.07) is 23.6. The second kappa shape index (κ2) is 5.63. The van der Waals surface area contributed by atoms with E-state index in [1.165, 1.54) is 26.9 Å². The minimum Gasteiger partial charge on any atom is -0.364 e. The first kappa shape index (κ1) is 16.7. The lowest BCUT2D eigenvalue weighted by Gasteiger charge is -2.09. The standard InChI is InChI=1S/C26H16N4/c1-28-26-13-18-10-23-16(12-25(18)30(26)3)5-7-20-21(23)6-4-15-11-24-17(9-22(15)20)8-19(14-27)29(24)2/h4-13H,2-3H3. The maximum absolute atomic E-state index is 9.38. The van der Waals surface area contributed by atoms with E-state index < -0.39 is 0 Å². The van der Waals surface area contributed by atoms with Gasteiger partial charge in [-0.3, -0.25) is 4.57 Å². The fraction of sp³-hybridized carbons (Fsp3) is 0.0769. The van der Waals surface area contributed by atoms with Gasteiger partial charge in [0.25, 0.3) is 0 Å². The number of aromatic nitrogens is 2. The van der Waals surface area contributed by atoms with Crippen LogP contribution in [0.15, 0.2) is 60.7 Å². The third-order valence-corrected chi connectivity index (χ3v) is 6.36. The van der Waals surface area contributed by atoms with Gasteiger partial charge >= 0.3 is 0 Å². The molecule has 0 aliphatic rings. The lowest BCUT2D eigenvalue weighted by molar-refractivity contribution is 0.948. The van der Waals surface area contributed by atoms with Crippen LogP contribution in [0.2, 0.25) is 0 Å². The molecule has 0 amide bonds. The Balaban J connectivity index is 1.74. The Kier molecular flexibility index (Phi) is 3.12. The molecule has 0 aliphatic carbocycles. The van der Waals surface area contributed by atoms with Crippen molar-refractivity contribution in [3.63, 3.8) is 0 Å². The average molecular weight is 384 g/mol. The van der Waals surface area contributed by atoms with Gasteiger partial charge in [0.15, 0.2) is 0 Å². The molecular weight excluding hydrogens is 368 g/mol. The van der Waals surface area contributed by atoms with E-state index >= 15 is 0 Å². The Bertz CT molecular complexity index is 1650. The van der Waals surface area contributed by atoms with Gasteiger partial charge in [0.05, 0.1) is 7.05 Å². The molecule has 6 aromatic rings. The van der Waals surface area contributed by atoms with Gasteiger partial charge in [-0.25, -0.2) is 0 Å². The van der Waals surface area contributed by atoms with Crippen molar-refractivity contribution >= 4 is 59.9 Å². The van der Waals surface area contributed by atoms with Crippen LogP contribution in [0, 0.1) is 17.9 Å². The fourth-order valence-electron chi connectivity index (χ4n) is 4.74. The Morgan fingerprint density at radius 2 is 1.27 bits per heavy atom. The summed E-state index contributed by atoms with van der Waals surface area (Å²) in [4.78, 5) is 3.63. The molecule has 4 nitrogen and oxygen atoms in total. The molecule has 0 fully saturated rings. The molecule has 4 aromatic carbocycles. The van der Waals surface area contributed by atoms with Gasteiger partial charge in [-0.2, -0.15) is 5.26 Å². The summed E-state index contributed by atoms with van der Waals surface area (Å²) in [5.74, 6) is 0.648. The first-order chi connectivity index (χ1) is 14.6. The normalized spacial score (nSPS) is 11.6. The smallest absolute Gasteiger partial charge is 0.231 e. The van der Waals surface area contributed by atoms with Gasteiger partial charge in [-0.05, 0) is 68.7 Å². The van der Waals surface area contributed by atoms with Crippen LogP contribution in [0.5, 0.6) is 0 Å². The summed E-state index contributed by atoms with van der Waals surface area (Å²) < 4.78 is 3.89. The summed E-state index contributed by atoms with van der Waals surface area (Å²) in [6.07, 6.45) is 0. The van der Waals surface area contributed by atoms with Gasteiger partial charge in [0.2, 0.25) is 5.82 Å². The monoisotopic (exact) mass is 384 g/mol. The molecule has 140 valence electrons. The maximum Gasteiger partial charge on any atom is 0.231 e. The van der Waals surface area contributed by atoms with Gasteiger partial charge in [0, 0.05) is 23.3 Å². The number of fused-ring (bicyclic) bond motifs is 7. The molecule has 0 spiro atoms. The zero-order chi connectivity index (χ0) is 20.6. The van der Waals surface area contributed by atoms with Crippen LogP contribution >= 0.6 is 0 Å². The molecule has 0 saturated carbocycles. The third kappa shape index (κ3) is 2.03. The first-order valence-corrected chi connectivity index (χ1v) is 9.75. The van der Waals surface area contributed by atoms with Crippen molar-refractivity contribution in [1.29, 1.82) is 5.26 Å². The van der Waals surface area contributed by atoms with Gasteiger partial charge < -0.3 is 9.41 Å². The molecule has 2 heterocycles. The topological polar surface area (TPSA) is 38.0 Å². The molecule has 0 atom stereocenters. The average Bonchev–Trinajstić information content (AvgIpc) is 3.26. The van der Waals surface area contributed by atoms with Crippen molar-refractivity contribution in [1.82, 2.24) is 9.13 Å². The molecule has 30 heavy (non-hydrogen) atoms. The van der Waals surface area contributed by atoms with Crippen LogP contribution in [0.25, 0.3) is 59.0 Å². The lowest BCUT2D eigenvalue weighted by Crippen LogP contribution is -1.90. The summed E-state index contributed by atoms with van der Waals surface area (Å²) in [5.41, 5.74) is 2.80. The molecule has 0 unspecified atom stereocenters. The van der Waals surface area contributed by atoms with Crippen molar-refractivity contribution in [3.05, 3.63) is 77.8 Å². The van der Waals surface area contributed by atoms with Crippen LogP contribution in [0.4, 0.5) is 5.82 Å². The van der Waals surface area contributed by atoms with E-state index in [2.05, 4.69) is 59.4 Å². The Morgan fingerprint density at radius 3 is 1.83 bits per heavy atom. The molecule has 0 bridgehead atoms. The summed E-state index contributed by atoms with van der Waals surface area (Å²) in [7, 11) is 3.88. The first-order valence-electron chi connectivity index (χ1n) is 9.75. The molecule has 0 N–H and O–H groups in total. The largest absolute Gasteiger partial charge is 0.364 e. The summed E-state index contributed by atoms with van der Waals surface area (Å²) in [5, 5.41) is 18.6. The van der Waals surface area contributed by atoms with Crippen LogP contribution < -0.4 is 0 Å². The van der Waals surface area contributed by atoms with E-state index in [4.69, 9.17) is 6.57 Å². The SMILES string of the molecule is [C-]#[N+]c1cc2cc3c(ccc4c5cc6cc(C#N)n(C)c6cc5ccc34)cc2n1C. The summed E-state index contributed by atoms with van der Waals surface area (Å²) >= 11 is 0. The van der Waals surface area contributed by atoms with E-state index in [1.807, 2.05) is 35.4 Å². The predicted octanol–water partition coefficient (Wildman–Crippen LogP) is 6.55. The number of nitrogens with zero attached hydrogens (tertiary/aromatic N) is 4. The van der Waals surface area contributed by atoms with Crippen LogP contribution in [0.3, 0.4) is 0 Å². The highest BCUT2D eigenvalue weighted by atomic mass is 15.0. The molecule has 0 aliphatic heterocycles. The molecule has 0 saturated heterocycles. The lowest BCUT2D eigenvalue weighted by atomic mass is 9.95. The predicted molar refractivity (Wildman–Crippen MR) is 123 cm³/mol. The molecule has 4 heteroatoms. The van der Waals surface area contributed by atoms with Gasteiger partial charge in [0.1, 0.15) is 17.3 Å². The second-order valence-corrected chi connectivity index (χ2v) is 7.86. The minimum absolute atomic E-state index is 0.648. The highest BCUT2D eigenvalue weighted by Crippen LogP contribution is 2.36. The number of rotatable bonds is 0. The van der Waals surface area contributed by atoms with Crippen molar-refractivity contribution in [2.45, 2.75) is 0 Å². The number of aryl methyl sites for hydroxylation is 2. The third-order valence-electron chi connectivity index (χ3n) is 6.36. The van der Waals surface area contributed by atoms with E-state index in [0.717, 1.165) is 27.2 Å². The van der Waals surface area contributed by atoms with Gasteiger partial charge in [-0.15, -0.1) is 0 Å². The van der Waals surface area contributed by atoms with E-state index in [9.17, 15) is 5.26 Å².